The lowest BCUT2D eigenvalue weighted by Crippen LogP contribution is -2.39. The average Bonchev–Trinajstić information content (AvgIpc) is 3.16. The molecular weight excluding hydrogens is 338 g/mol. The number of nitrogens with one attached hydrogen (secondary N) is 1. The summed E-state index contributed by atoms with van der Waals surface area (Å²) in [5.74, 6) is -2.54. The van der Waals surface area contributed by atoms with Crippen molar-refractivity contribution in [3.05, 3.63) is 29.3 Å². The molecule has 1 saturated heterocycles. The van der Waals surface area contributed by atoms with Gasteiger partial charge in [-0.2, -0.15) is 0 Å². The highest BCUT2D eigenvalue weighted by atomic mass is 35.5. The minimum atomic E-state index is -1.06. The normalized spacial score (nSPS) is 27.1. The van der Waals surface area contributed by atoms with Crippen molar-refractivity contribution in [1.82, 2.24) is 0 Å². The van der Waals surface area contributed by atoms with Crippen molar-refractivity contribution < 1.29 is 28.9 Å². The van der Waals surface area contributed by atoms with E-state index >= 15 is 0 Å². The van der Waals surface area contributed by atoms with Gasteiger partial charge in [0.15, 0.2) is 0 Å². The molecule has 2 N–H and O–H groups in total. The van der Waals surface area contributed by atoms with Crippen LogP contribution in [0.4, 0.5) is 5.69 Å². The summed E-state index contributed by atoms with van der Waals surface area (Å²) in [5.41, 5.74) is 0.347. The number of rotatable bonds is 5. The molecule has 1 fully saturated rings. The summed E-state index contributed by atoms with van der Waals surface area (Å²) in [6.07, 6.45) is 2.27. The molecule has 0 aromatic heterocycles. The highest BCUT2D eigenvalue weighted by Crippen LogP contribution is 2.41. The van der Waals surface area contributed by atoms with Gasteiger partial charge in [0, 0.05) is 12.1 Å². The number of benzene rings is 1. The molecule has 8 heteroatoms. The first-order valence-corrected chi connectivity index (χ1v) is 7.63. The summed E-state index contributed by atoms with van der Waals surface area (Å²) in [7, 11) is 2.89. The molecule has 1 aromatic rings. The summed E-state index contributed by atoms with van der Waals surface area (Å²) in [4.78, 5) is 24.1. The van der Waals surface area contributed by atoms with Gasteiger partial charge in [-0.05, 0) is 0 Å². The van der Waals surface area contributed by atoms with Crippen molar-refractivity contribution in [2.45, 2.75) is 12.2 Å². The maximum atomic E-state index is 12.7. The van der Waals surface area contributed by atoms with Gasteiger partial charge >= 0.3 is 5.97 Å². The molecule has 3 rings (SSSR count). The average molecular weight is 354 g/mol. The Morgan fingerprint density at radius 2 is 1.75 bits per heavy atom. The Hall–Kier alpha value is -2.25. The Morgan fingerprint density at radius 1 is 1.12 bits per heavy atom. The van der Waals surface area contributed by atoms with Gasteiger partial charge in [-0.25, -0.2) is 0 Å². The fourth-order valence-corrected chi connectivity index (χ4v) is 3.32. The number of anilines is 1. The van der Waals surface area contributed by atoms with Crippen LogP contribution in [0.15, 0.2) is 24.3 Å². The number of ether oxygens (including phenoxy) is 3. The number of halogens is 1. The molecule has 2 bridgehead atoms. The van der Waals surface area contributed by atoms with Crippen molar-refractivity contribution in [2.75, 3.05) is 19.5 Å². The van der Waals surface area contributed by atoms with Gasteiger partial charge < -0.3 is 24.6 Å². The van der Waals surface area contributed by atoms with E-state index in [1.54, 1.807) is 12.2 Å². The Bertz CT molecular complexity index is 719. The Balaban J connectivity index is 1.87. The van der Waals surface area contributed by atoms with E-state index in [1.165, 1.54) is 26.4 Å². The number of aliphatic carboxylic acids is 1. The van der Waals surface area contributed by atoms with E-state index in [2.05, 4.69) is 5.32 Å². The second-order valence-corrected chi connectivity index (χ2v) is 5.92. The van der Waals surface area contributed by atoms with Crippen LogP contribution in [0.1, 0.15) is 0 Å². The molecule has 0 radical (unpaired) electrons. The van der Waals surface area contributed by atoms with Crippen molar-refractivity contribution in [1.29, 1.82) is 0 Å². The summed E-state index contributed by atoms with van der Waals surface area (Å²) < 4.78 is 15.8. The molecule has 1 amide bonds. The Labute approximate surface area is 143 Å². The van der Waals surface area contributed by atoms with E-state index in [0.717, 1.165) is 0 Å². The van der Waals surface area contributed by atoms with Crippen LogP contribution >= 0.6 is 11.6 Å². The minimum absolute atomic E-state index is 0.335. The standard InChI is InChI=1S/C16H16ClNO6/c1-22-11-6-8(12(23-2)5-7(11)17)18-15(19)13-9-3-4-10(24-9)14(13)16(20)21/h3-6,9-10,13-14H,1-2H3,(H,18,19)(H,20,21)/t9-,10-,13-,14-/m1/s1. The van der Waals surface area contributed by atoms with Crippen LogP contribution in [0.5, 0.6) is 11.5 Å². The number of carbonyl (C=O) groups is 2. The first kappa shape index (κ1) is 16.6. The van der Waals surface area contributed by atoms with Gasteiger partial charge in [-0.15, -0.1) is 0 Å². The number of carbonyl (C=O) groups excluding carboxylic acids is 1. The fraction of sp³-hybridized carbons (Fsp3) is 0.375. The minimum Gasteiger partial charge on any atom is -0.495 e. The van der Waals surface area contributed by atoms with Gasteiger partial charge in [0.1, 0.15) is 17.4 Å². The monoisotopic (exact) mass is 353 g/mol. The van der Waals surface area contributed by atoms with Crippen LogP contribution in [0, 0.1) is 11.8 Å². The lowest BCUT2D eigenvalue weighted by molar-refractivity contribution is -0.145. The maximum Gasteiger partial charge on any atom is 0.310 e. The largest absolute Gasteiger partial charge is 0.495 e. The zero-order valence-electron chi connectivity index (χ0n) is 13.0. The van der Waals surface area contributed by atoms with Gasteiger partial charge in [0.2, 0.25) is 5.91 Å². The van der Waals surface area contributed by atoms with Crippen LogP contribution in [0.3, 0.4) is 0 Å². The molecule has 7 nitrogen and oxygen atoms in total. The highest BCUT2D eigenvalue weighted by molar-refractivity contribution is 6.32. The van der Waals surface area contributed by atoms with Crippen molar-refractivity contribution >= 4 is 29.2 Å². The zero-order valence-corrected chi connectivity index (χ0v) is 13.7. The van der Waals surface area contributed by atoms with E-state index in [4.69, 9.17) is 25.8 Å². The van der Waals surface area contributed by atoms with Gasteiger partial charge in [0.05, 0.1) is 43.1 Å². The molecule has 0 aliphatic carbocycles. The van der Waals surface area contributed by atoms with Gasteiger partial charge in [-0.1, -0.05) is 23.8 Å². The lowest BCUT2D eigenvalue weighted by atomic mass is 9.82. The first-order valence-electron chi connectivity index (χ1n) is 7.25. The summed E-state index contributed by atoms with van der Waals surface area (Å²) in [5, 5.41) is 12.4. The molecule has 24 heavy (non-hydrogen) atoms. The number of carboxylic acid groups (broad SMARTS) is 1. The molecule has 0 spiro atoms. The van der Waals surface area contributed by atoms with Crippen LogP contribution in [-0.2, 0) is 14.3 Å². The van der Waals surface area contributed by atoms with Crippen LogP contribution in [0.25, 0.3) is 0 Å². The fourth-order valence-electron chi connectivity index (χ4n) is 3.09. The number of methoxy groups -OCH3 is 2. The number of fused-ring (bicyclic) bond motifs is 2. The van der Waals surface area contributed by atoms with E-state index in [0.29, 0.717) is 22.2 Å². The quantitative estimate of drug-likeness (QED) is 0.786. The molecular formula is C16H16ClNO6. The van der Waals surface area contributed by atoms with Gasteiger partial charge in [0.25, 0.3) is 0 Å². The van der Waals surface area contributed by atoms with E-state index < -0.39 is 35.9 Å². The van der Waals surface area contributed by atoms with Gasteiger partial charge in [-0.3, -0.25) is 9.59 Å². The SMILES string of the molecule is COc1cc(NC(=O)[C@H]2[C@H](C(=O)O)[C@H]3C=C[C@H]2O3)c(OC)cc1Cl. The topological polar surface area (TPSA) is 94.1 Å². The second-order valence-electron chi connectivity index (χ2n) is 5.52. The third kappa shape index (κ3) is 2.70. The smallest absolute Gasteiger partial charge is 0.310 e. The number of hydrogen-bond donors (Lipinski definition) is 2. The highest BCUT2D eigenvalue weighted by Gasteiger charge is 2.53. The lowest BCUT2D eigenvalue weighted by Gasteiger charge is -2.22. The van der Waals surface area contributed by atoms with Crippen LogP contribution < -0.4 is 14.8 Å². The first-order chi connectivity index (χ1) is 11.5. The molecule has 4 atom stereocenters. The number of amides is 1. The van der Waals surface area contributed by atoms with E-state index in [1.807, 2.05) is 0 Å². The predicted octanol–water partition coefficient (Wildman–Crippen LogP) is 1.95. The summed E-state index contributed by atoms with van der Waals surface area (Å²) >= 11 is 6.04. The van der Waals surface area contributed by atoms with Crippen molar-refractivity contribution in [3.63, 3.8) is 0 Å². The Morgan fingerprint density at radius 3 is 2.33 bits per heavy atom. The second kappa shape index (κ2) is 6.33. The predicted molar refractivity (Wildman–Crippen MR) is 85.6 cm³/mol. The number of carboxylic acids is 1. The summed E-state index contributed by atoms with van der Waals surface area (Å²) in [6, 6.07) is 3.04. The molecule has 2 aliphatic heterocycles. The third-order valence-electron chi connectivity index (χ3n) is 4.22. The zero-order chi connectivity index (χ0) is 17.4. The van der Waals surface area contributed by atoms with Crippen LogP contribution in [-0.4, -0.2) is 43.4 Å². The number of hydrogen-bond acceptors (Lipinski definition) is 5. The summed E-state index contributed by atoms with van der Waals surface area (Å²) in [6.45, 7) is 0. The molecule has 2 heterocycles. The Kier molecular flexibility index (Phi) is 4.38. The third-order valence-corrected chi connectivity index (χ3v) is 4.51. The molecule has 128 valence electrons. The molecule has 2 aliphatic rings. The molecule has 1 aromatic carbocycles. The maximum absolute atomic E-state index is 12.7. The molecule has 0 saturated carbocycles. The van der Waals surface area contributed by atoms with Crippen molar-refractivity contribution in [3.8, 4) is 11.5 Å². The molecule has 0 unspecified atom stereocenters. The van der Waals surface area contributed by atoms with E-state index in [-0.39, 0.29) is 0 Å². The van der Waals surface area contributed by atoms with Crippen LogP contribution in [0.2, 0.25) is 5.02 Å². The van der Waals surface area contributed by atoms with E-state index in [9.17, 15) is 14.7 Å². The van der Waals surface area contributed by atoms with Crippen molar-refractivity contribution in [2.24, 2.45) is 11.8 Å².